The van der Waals surface area contributed by atoms with Crippen molar-refractivity contribution in [3.8, 4) is 0 Å². The Kier molecular flexibility index (Phi) is 7.06. The van der Waals surface area contributed by atoms with Gasteiger partial charge in [-0.15, -0.1) is 24.0 Å². The third kappa shape index (κ3) is 5.04. The van der Waals surface area contributed by atoms with E-state index in [4.69, 9.17) is 4.74 Å². The fourth-order valence-electron chi connectivity index (χ4n) is 3.45. The third-order valence-electron chi connectivity index (χ3n) is 4.84. The Balaban J connectivity index is 0.00000240. The van der Waals surface area contributed by atoms with Gasteiger partial charge in [0.05, 0.1) is 18.8 Å². The highest BCUT2D eigenvalue weighted by Crippen LogP contribution is 2.13. The van der Waals surface area contributed by atoms with E-state index in [1.807, 2.05) is 21.5 Å². The summed E-state index contributed by atoms with van der Waals surface area (Å²) >= 11 is 0. The molecule has 1 atom stereocenters. The zero-order chi connectivity index (χ0) is 19.5. The molecule has 0 saturated carbocycles. The van der Waals surface area contributed by atoms with E-state index in [2.05, 4.69) is 49.7 Å². The number of aryl methyl sites for hydroxylation is 2. The van der Waals surface area contributed by atoms with E-state index in [0.29, 0.717) is 13.2 Å². The zero-order valence-corrected chi connectivity index (χ0v) is 19.3. The van der Waals surface area contributed by atoms with Gasteiger partial charge in [0.1, 0.15) is 18.1 Å². The normalized spacial score (nSPS) is 16.4. The molecule has 1 unspecified atom stereocenters. The first-order chi connectivity index (χ1) is 13.6. The predicted octanol–water partition coefficient (Wildman–Crippen LogP) is 1.68. The molecule has 0 aliphatic carbocycles. The number of nitrogens with one attached hydrogen (secondary N) is 2. The fourth-order valence-corrected chi connectivity index (χ4v) is 3.45. The average molecular weight is 510 g/mol. The van der Waals surface area contributed by atoms with E-state index < -0.39 is 0 Å². The molecule has 156 valence electrons. The van der Waals surface area contributed by atoms with Gasteiger partial charge in [-0.1, -0.05) is 0 Å². The van der Waals surface area contributed by atoms with Crippen LogP contribution in [0.15, 0.2) is 29.5 Å². The monoisotopic (exact) mass is 510 g/mol. The number of halogens is 1. The van der Waals surface area contributed by atoms with Crippen molar-refractivity contribution in [1.29, 1.82) is 0 Å². The van der Waals surface area contributed by atoms with Crippen LogP contribution < -0.4 is 10.6 Å². The number of fused-ring (bicyclic) bond motifs is 2. The van der Waals surface area contributed by atoms with Crippen molar-refractivity contribution >= 4 is 35.6 Å². The van der Waals surface area contributed by atoms with E-state index >= 15 is 0 Å². The number of rotatable bonds is 5. The maximum Gasteiger partial charge on any atom is 0.191 e. The lowest BCUT2D eigenvalue weighted by atomic mass is 10.1. The minimum atomic E-state index is 0. The van der Waals surface area contributed by atoms with Crippen LogP contribution in [0.2, 0.25) is 0 Å². The van der Waals surface area contributed by atoms with Crippen LogP contribution in [0, 0.1) is 6.92 Å². The largest absolute Gasteiger partial charge is 0.377 e. The van der Waals surface area contributed by atoms with Crippen molar-refractivity contribution in [3.05, 3.63) is 47.4 Å². The molecule has 0 saturated heterocycles. The predicted molar refractivity (Wildman–Crippen MR) is 122 cm³/mol. The average Bonchev–Trinajstić information content (AvgIpc) is 3.27. The first kappa shape index (κ1) is 21.5. The molecule has 1 aliphatic rings. The molecule has 0 aromatic carbocycles. The highest BCUT2D eigenvalue weighted by atomic mass is 127. The Morgan fingerprint density at radius 3 is 3.03 bits per heavy atom. The number of aliphatic imine (C=N–C) groups is 1. The van der Waals surface area contributed by atoms with Gasteiger partial charge in [-0.25, -0.2) is 14.6 Å². The van der Waals surface area contributed by atoms with E-state index in [1.165, 1.54) is 5.56 Å². The highest BCUT2D eigenvalue weighted by Gasteiger charge is 2.22. The van der Waals surface area contributed by atoms with Crippen molar-refractivity contribution in [2.45, 2.75) is 45.5 Å². The maximum atomic E-state index is 5.13. The molecular weight excluding hydrogens is 483 g/mol. The zero-order valence-electron chi connectivity index (χ0n) is 16.9. The second kappa shape index (κ2) is 9.53. The summed E-state index contributed by atoms with van der Waals surface area (Å²) in [4.78, 5) is 13.5. The van der Waals surface area contributed by atoms with Gasteiger partial charge in [0.2, 0.25) is 0 Å². The quantitative estimate of drug-likeness (QED) is 0.308. The lowest BCUT2D eigenvalue weighted by Gasteiger charge is -2.25. The molecule has 0 fully saturated rings. The number of guanidine groups is 1. The van der Waals surface area contributed by atoms with Crippen molar-refractivity contribution in [1.82, 2.24) is 34.8 Å². The SMILES string of the molecule is CN=C(NCc1cn2ccc(C)cc2n1)NC1CCc2nc(COC)nn2C1.I. The second-order valence-corrected chi connectivity index (χ2v) is 7.07. The Morgan fingerprint density at radius 2 is 2.24 bits per heavy atom. The smallest absolute Gasteiger partial charge is 0.191 e. The van der Waals surface area contributed by atoms with Crippen molar-refractivity contribution in [2.75, 3.05) is 14.2 Å². The first-order valence-corrected chi connectivity index (χ1v) is 9.47. The molecule has 0 bridgehead atoms. The fraction of sp³-hybridized carbons (Fsp3) is 0.474. The minimum Gasteiger partial charge on any atom is -0.377 e. The molecule has 0 radical (unpaired) electrons. The topological polar surface area (TPSA) is 93.7 Å². The van der Waals surface area contributed by atoms with Crippen LogP contribution in [0.5, 0.6) is 0 Å². The molecule has 2 N–H and O–H groups in total. The molecule has 9 nitrogen and oxygen atoms in total. The molecule has 3 aromatic rings. The Hall–Kier alpha value is -2.21. The van der Waals surface area contributed by atoms with E-state index in [-0.39, 0.29) is 30.0 Å². The van der Waals surface area contributed by atoms with E-state index in [0.717, 1.165) is 48.3 Å². The van der Waals surface area contributed by atoms with Crippen LogP contribution >= 0.6 is 24.0 Å². The van der Waals surface area contributed by atoms with Crippen LogP contribution in [0.4, 0.5) is 0 Å². The van der Waals surface area contributed by atoms with Crippen molar-refractivity contribution in [2.24, 2.45) is 4.99 Å². The standard InChI is InChI=1S/C19H26N8O.HI/c1-13-6-7-26-10-15(22-18(26)8-13)9-21-19(20-2)23-14-4-5-17-24-16(12-28-3)25-27(17)11-14;/h6-8,10,14H,4-5,9,11-12H2,1-3H3,(H2,20,21,23);1H. The maximum absolute atomic E-state index is 5.13. The minimum absolute atomic E-state index is 0. The van der Waals surface area contributed by atoms with Crippen LogP contribution in [0.25, 0.3) is 5.65 Å². The molecule has 0 spiro atoms. The van der Waals surface area contributed by atoms with Gasteiger partial charge in [0, 0.05) is 39.0 Å². The van der Waals surface area contributed by atoms with Crippen molar-refractivity contribution in [3.63, 3.8) is 0 Å². The molecule has 10 heteroatoms. The summed E-state index contributed by atoms with van der Waals surface area (Å²) in [6.07, 6.45) is 5.94. The Bertz CT molecular complexity index is 995. The summed E-state index contributed by atoms with van der Waals surface area (Å²) in [5.74, 6) is 2.52. The van der Waals surface area contributed by atoms with Crippen LogP contribution in [-0.2, 0) is 30.9 Å². The van der Waals surface area contributed by atoms with Crippen LogP contribution in [0.1, 0.15) is 29.3 Å². The molecule has 29 heavy (non-hydrogen) atoms. The summed E-state index contributed by atoms with van der Waals surface area (Å²) in [6, 6.07) is 4.40. The summed E-state index contributed by atoms with van der Waals surface area (Å²) in [7, 11) is 3.44. The van der Waals surface area contributed by atoms with Gasteiger partial charge in [-0.05, 0) is 31.0 Å². The number of hydrogen-bond donors (Lipinski definition) is 2. The molecule has 0 amide bonds. The Morgan fingerprint density at radius 1 is 1.38 bits per heavy atom. The van der Waals surface area contributed by atoms with Gasteiger partial charge in [0.15, 0.2) is 11.8 Å². The summed E-state index contributed by atoms with van der Waals surface area (Å²) in [5.41, 5.74) is 3.13. The first-order valence-electron chi connectivity index (χ1n) is 9.47. The van der Waals surface area contributed by atoms with Gasteiger partial charge < -0.3 is 19.8 Å². The van der Waals surface area contributed by atoms with Gasteiger partial charge in [-0.2, -0.15) is 5.10 Å². The molecule has 1 aliphatic heterocycles. The summed E-state index contributed by atoms with van der Waals surface area (Å²) < 4.78 is 9.12. The summed E-state index contributed by atoms with van der Waals surface area (Å²) in [5, 5.41) is 11.4. The van der Waals surface area contributed by atoms with Crippen molar-refractivity contribution < 1.29 is 4.74 Å². The lowest BCUT2D eigenvalue weighted by molar-refractivity contribution is 0.177. The van der Waals surface area contributed by atoms with Crippen LogP contribution in [-0.4, -0.2) is 50.3 Å². The van der Waals surface area contributed by atoms with E-state index in [1.54, 1.807) is 14.2 Å². The number of aromatic nitrogens is 5. The second-order valence-electron chi connectivity index (χ2n) is 7.07. The number of imidazole rings is 1. The number of nitrogens with zero attached hydrogens (tertiary/aromatic N) is 6. The van der Waals surface area contributed by atoms with Gasteiger partial charge >= 0.3 is 0 Å². The van der Waals surface area contributed by atoms with Crippen LogP contribution in [0.3, 0.4) is 0 Å². The number of hydrogen-bond acceptors (Lipinski definition) is 5. The molecule has 4 rings (SSSR count). The molecule has 3 aromatic heterocycles. The number of methoxy groups -OCH3 is 1. The Labute approximate surface area is 187 Å². The highest BCUT2D eigenvalue weighted by molar-refractivity contribution is 14.0. The molecular formula is C19H27IN8O. The molecule has 4 heterocycles. The summed E-state index contributed by atoms with van der Waals surface area (Å²) in [6.45, 7) is 3.89. The van der Waals surface area contributed by atoms with E-state index in [9.17, 15) is 0 Å². The number of ether oxygens (including phenoxy) is 1. The van der Waals surface area contributed by atoms with Gasteiger partial charge in [-0.3, -0.25) is 4.99 Å². The number of pyridine rings is 1. The van der Waals surface area contributed by atoms with Gasteiger partial charge in [0.25, 0.3) is 0 Å². The third-order valence-corrected chi connectivity index (χ3v) is 4.84. The lowest BCUT2D eigenvalue weighted by Crippen LogP contribution is -2.46.